The van der Waals surface area contributed by atoms with Gasteiger partial charge in [0, 0.05) is 45.0 Å². The minimum Gasteiger partial charge on any atom is -0.315 e. The second-order valence-corrected chi connectivity index (χ2v) is 7.36. The van der Waals surface area contributed by atoms with Crippen LogP contribution < -0.4 is 5.32 Å². The van der Waals surface area contributed by atoms with Gasteiger partial charge in [-0.2, -0.15) is 4.31 Å². The molecule has 1 N–H and O–H groups in total. The molecule has 3 rings (SSSR count). The van der Waals surface area contributed by atoms with Gasteiger partial charge in [-0.15, -0.1) is 12.4 Å². The van der Waals surface area contributed by atoms with Gasteiger partial charge in [0.15, 0.2) is 0 Å². The summed E-state index contributed by atoms with van der Waals surface area (Å²) in [5.41, 5.74) is 0. The van der Waals surface area contributed by atoms with Gasteiger partial charge in [-0.3, -0.25) is 9.88 Å². The predicted molar refractivity (Wildman–Crippen MR) is 83.0 cm³/mol. The second-order valence-electron chi connectivity index (χ2n) is 5.43. The monoisotopic (exact) mass is 350 g/mol. The van der Waals surface area contributed by atoms with E-state index in [9.17, 15) is 12.8 Å². The van der Waals surface area contributed by atoms with Gasteiger partial charge in [0.1, 0.15) is 10.7 Å². The highest BCUT2D eigenvalue weighted by Gasteiger charge is 2.32. The largest absolute Gasteiger partial charge is 0.315 e. The van der Waals surface area contributed by atoms with Crippen molar-refractivity contribution in [2.75, 3.05) is 39.3 Å². The van der Waals surface area contributed by atoms with Gasteiger partial charge in [0.2, 0.25) is 10.0 Å². The van der Waals surface area contributed by atoms with Crippen LogP contribution in [0.4, 0.5) is 4.39 Å². The van der Waals surface area contributed by atoms with Crippen LogP contribution in [0.5, 0.6) is 0 Å². The molecule has 1 aromatic rings. The first-order chi connectivity index (χ1) is 10.1. The first-order valence-corrected chi connectivity index (χ1v) is 8.57. The maximum Gasteiger partial charge on any atom is 0.244 e. The molecule has 3 heterocycles. The summed E-state index contributed by atoms with van der Waals surface area (Å²) in [5, 5.41) is 3.32. The van der Waals surface area contributed by atoms with Crippen LogP contribution in [0, 0.1) is 5.82 Å². The molecule has 0 radical (unpaired) electrons. The van der Waals surface area contributed by atoms with Crippen molar-refractivity contribution in [3.8, 4) is 0 Å². The van der Waals surface area contributed by atoms with Crippen LogP contribution in [0.15, 0.2) is 23.4 Å². The van der Waals surface area contributed by atoms with E-state index < -0.39 is 15.8 Å². The molecule has 0 aliphatic carbocycles. The van der Waals surface area contributed by atoms with Crippen molar-refractivity contribution >= 4 is 22.4 Å². The molecule has 2 aliphatic rings. The fraction of sp³-hybridized carbons (Fsp3) is 0.615. The molecule has 2 aliphatic heterocycles. The summed E-state index contributed by atoms with van der Waals surface area (Å²) in [4.78, 5) is 5.88. The number of pyridine rings is 1. The van der Waals surface area contributed by atoms with Gasteiger partial charge in [-0.05, 0) is 19.0 Å². The van der Waals surface area contributed by atoms with Gasteiger partial charge in [-0.1, -0.05) is 0 Å². The molecule has 0 saturated carbocycles. The van der Waals surface area contributed by atoms with Crippen molar-refractivity contribution in [2.45, 2.75) is 17.4 Å². The molecule has 0 bridgehead atoms. The molecular weight excluding hydrogens is 331 g/mol. The summed E-state index contributed by atoms with van der Waals surface area (Å²) < 4.78 is 39.5. The Labute approximate surface area is 136 Å². The van der Waals surface area contributed by atoms with Gasteiger partial charge < -0.3 is 5.32 Å². The molecule has 2 saturated heterocycles. The lowest BCUT2D eigenvalue weighted by Gasteiger charge is -2.37. The highest BCUT2D eigenvalue weighted by atomic mass is 35.5. The molecule has 0 aromatic carbocycles. The molecule has 1 unspecified atom stereocenters. The third-order valence-electron chi connectivity index (χ3n) is 4.14. The van der Waals surface area contributed by atoms with E-state index in [0.717, 1.165) is 31.8 Å². The van der Waals surface area contributed by atoms with E-state index >= 15 is 0 Å². The van der Waals surface area contributed by atoms with Crippen LogP contribution in [0.25, 0.3) is 0 Å². The lowest BCUT2D eigenvalue weighted by Crippen LogP contribution is -2.52. The molecule has 6 nitrogen and oxygen atoms in total. The normalized spacial score (nSPS) is 24.1. The van der Waals surface area contributed by atoms with Gasteiger partial charge in [0.05, 0.1) is 6.20 Å². The first kappa shape index (κ1) is 17.6. The summed E-state index contributed by atoms with van der Waals surface area (Å²) in [6.45, 7) is 4.31. The van der Waals surface area contributed by atoms with E-state index in [1.165, 1.54) is 10.5 Å². The van der Waals surface area contributed by atoms with Crippen molar-refractivity contribution in [3.05, 3.63) is 24.3 Å². The Morgan fingerprint density at radius 1 is 1.23 bits per heavy atom. The molecule has 2 fully saturated rings. The van der Waals surface area contributed by atoms with E-state index in [4.69, 9.17) is 0 Å². The van der Waals surface area contributed by atoms with Crippen LogP contribution in [-0.2, 0) is 10.0 Å². The molecule has 9 heteroatoms. The summed E-state index contributed by atoms with van der Waals surface area (Å²) in [6.07, 6.45) is 3.32. The van der Waals surface area contributed by atoms with Crippen molar-refractivity contribution < 1.29 is 12.8 Å². The number of hydrogen-bond donors (Lipinski definition) is 1. The number of nitrogens with one attached hydrogen (secondary N) is 1. The minimum absolute atomic E-state index is 0. The Morgan fingerprint density at radius 3 is 2.55 bits per heavy atom. The smallest absolute Gasteiger partial charge is 0.244 e. The maximum absolute atomic E-state index is 13.2. The fourth-order valence-corrected chi connectivity index (χ4v) is 4.34. The van der Waals surface area contributed by atoms with Crippen molar-refractivity contribution in [1.82, 2.24) is 19.5 Å². The average Bonchev–Trinajstić information content (AvgIpc) is 3.02. The zero-order valence-corrected chi connectivity index (χ0v) is 13.7. The zero-order chi connectivity index (χ0) is 14.9. The van der Waals surface area contributed by atoms with Crippen LogP contribution >= 0.6 is 12.4 Å². The zero-order valence-electron chi connectivity index (χ0n) is 12.1. The topological polar surface area (TPSA) is 65.5 Å². The van der Waals surface area contributed by atoms with Crippen LogP contribution in [-0.4, -0.2) is 67.9 Å². The van der Waals surface area contributed by atoms with E-state index in [1.54, 1.807) is 0 Å². The third kappa shape index (κ3) is 3.57. The van der Waals surface area contributed by atoms with Crippen molar-refractivity contribution in [2.24, 2.45) is 0 Å². The molecule has 1 aromatic heterocycles. The van der Waals surface area contributed by atoms with E-state index in [1.807, 2.05) is 0 Å². The van der Waals surface area contributed by atoms with Crippen LogP contribution in [0.2, 0.25) is 0 Å². The Kier molecular flexibility index (Phi) is 5.73. The Hall–Kier alpha value is -0.800. The molecule has 124 valence electrons. The Balaban J connectivity index is 0.00000176. The predicted octanol–water partition coefficient (Wildman–Crippen LogP) is 0.311. The van der Waals surface area contributed by atoms with E-state index in [-0.39, 0.29) is 17.3 Å². The van der Waals surface area contributed by atoms with Crippen molar-refractivity contribution in [1.29, 1.82) is 0 Å². The Bertz CT molecular complexity index is 602. The molecule has 22 heavy (non-hydrogen) atoms. The maximum atomic E-state index is 13.2. The van der Waals surface area contributed by atoms with E-state index in [2.05, 4.69) is 15.2 Å². The number of sulfonamides is 1. The lowest BCUT2D eigenvalue weighted by molar-refractivity contribution is 0.145. The number of hydrogen-bond acceptors (Lipinski definition) is 5. The summed E-state index contributed by atoms with van der Waals surface area (Å²) in [5.74, 6) is -0.633. The number of aromatic nitrogens is 1. The third-order valence-corrected chi connectivity index (χ3v) is 6.01. The second kappa shape index (κ2) is 7.18. The van der Waals surface area contributed by atoms with Crippen molar-refractivity contribution in [3.63, 3.8) is 0 Å². The number of nitrogens with zero attached hydrogens (tertiary/aromatic N) is 3. The van der Waals surface area contributed by atoms with Crippen LogP contribution in [0.1, 0.15) is 6.42 Å². The standard InChI is InChI=1S/C13H19FN4O2S.ClH/c14-11-7-13(10-16-8-11)21(19,20)18-5-3-17(4-6-18)12-1-2-15-9-12;/h7-8,10,12,15H,1-6,9H2;1H. The molecular formula is C13H20ClFN4O2S. The summed E-state index contributed by atoms with van der Waals surface area (Å²) in [6, 6.07) is 1.53. The van der Waals surface area contributed by atoms with Gasteiger partial charge in [0.25, 0.3) is 0 Å². The molecule has 1 atom stereocenters. The molecule has 0 amide bonds. The number of piperazine rings is 1. The lowest BCUT2D eigenvalue weighted by atomic mass is 10.2. The summed E-state index contributed by atoms with van der Waals surface area (Å²) >= 11 is 0. The molecule has 0 spiro atoms. The van der Waals surface area contributed by atoms with E-state index in [0.29, 0.717) is 32.2 Å². The average molecular weight is 351 g/mol. The minimum atomic E-state index is -3.64. The SMILES string of the molecule is Cl.O=S(=O)(c1cncc(F)c1)N1CCN(C2CCNC2)CC1. The Morgan fingerprint density at radius 2 is 1.95 bits per heavy atom. The van der Waals surface area contributed by atoms with Gasteiger partial charge in [-0.25, -0.2) is 12.8 Å². The fourth-order valence-electron chi connectivity index (χ4n) is 2.94. The quantitative estimate of drug-likeness (QED) is 0.850. The van der Waals surface area contributed by atoms with Gasteiger partial charge >= 0.3 is 0 Å². The summed E-state index contributed by atoms with van der Waals surface area (Å²) in [7, 11) is -3.64. The highest BCUT2D eigenvalue weighted by molar-refractivity contribution is 7.89. The number of rotatable bonds is 3. The first-order valence-electron chi connectivity index (χ1n) is 7.13. The van der Waals surface area contributed by atoms with Crippen LogP contribution in [0.3, 0.4) is 0 Å². The number of halogens is 2. The highest BCUT2D eigenvalue weighted by Crippen LogP contribution is 2.19.